The van der Waals surface area contributed by atoms with E-state index in [1.165, 1.54) is 16.0 Å². The molecule has 1 amide bonds. The van der Waals surface area contributed by atoms with E-state index in [1.807, 2.05) is 24.3 Å². The van der Waals surface area contributed by atoms with Gasteiger partial charge in [0.1, 0.15) is 0 Å². The van der Waals surface area contributed by atoms with Crippen molar-refractivity contribution < 1.29 is 4.79 Å². The molecule has 2 aromatic carbocycles. The summed E-state index contributed by atoms with van der Waals surface area (Å²) >= 11 is 3.25. The average molecular weight is 383 g/mol. The van der Waals surface area contributed by atoms with E-state index in [-0.39, 0.29) is 5.91 Å². The Balaban J connectivity index is 1.82. The van der Waals surface area contributed by atoms with Crippen LogP contribution in [0.1, 0.15) is 17.5 Å². The molecule has 0 aliphatic carbocycles. The van der Waals surface area contributed by atoms with Crippen molar-refractivity contribution in [3.05, 3.63) is 71.0 Å². The molecule has 1 heterocycles. The summed E-state index contributed by atoms with van der Waals surface area (Å²) in [7, 11) is 0. The number of carbonyl (C=O) groups excluding carboxylic acids is 1. The fourth-order valence-corrected chi connectivity index (χ4v) is 4.65. The summed E-state index contributed by atoms with van der Waals surface area (Å²) in [6.45, 7) is 8.70. The maximum atomic E-state index is 12.4. The smallest absolute Gasteiger partial charge is 0.249 e. The first-order chi connectivity index (χ1) is 12.6. The highest BCUT2D eigenvalue weighted by molar-refractivity contribution is 7.99. The van der Waals surface area contributed by atoms with E-state index in [0.717, 1.165) is 20.8 Å². The highest BCUT2D eigenvalue weighted by Gasteiger charge is 2.09. The van der Waals surface area contributed by atoms with E-state index in [0.29, 0.717) is 13.0 Å². The van der Waals surface area contributed by atoms with Gasteiger partial charge in [0.15, 0.2) is 4.80 Å². The SMILES string of the molecule is C=CCn1c(=NC(=O)CCSc2ccccc2)sc2cc(C)c(C)cc21. The quantitative estimate of drug-likeness (QED) is 0.438. The van der Waals surface area contributed by atoms with E-state index in [2.05, 4.69) is 54.3 Å². The molecule has 134 valence electrons. The molecular weight excluding hydrogens is 360 g/mol. The van der Waals surface area contributed by atoms with Gasteiger partial charge in [0.2, 0.25) is 5.91 Å². The van der Waals surface area contributed by atoms with Gasteiger partial charge in [-0.1, -0.05) is 35.6 Å². The molecule has 3 nitrogen and oxygen atoms in total. The average Bonchev–Trinajstić information content (AvgIpc) is 2.93. The summed E-state index contributed by atoms with van der Waals surface area (Å²) in [6, 6.07) is 14.5. The predicted octanol–water partition coefficient (Wildman–Crippen LogP) is 5.12. The minimum atomic E-state index is -0.0776. The minimum absolute atomic E-state index is 0.0776. The van der Waals surface area contributed by atoms with Gasteiger partial charge in [0.25, 0.3) is 0 Å². The van der Waals surface area contributed by atoms with Crippen molar-refractivity contribution in [1.29, 1.82) is 0 Å². The molecule has 0 bridgehead atoms. The second-order valence-corrected chi connectivity index (χ2v) is 8.28. The lowest BCUT2D eigenvalue weighted by molar-refractivity contribution is -0.117. The summed E-state index contributed by atoms with van der Waals surface area (Å²) in [5.74, 6) is 0.655. The van der Waals surface area contributed by atoms with Crippen molar-refractivity contribution in [2.24, 2.45) is 4.99 Å². The third-order valence-corrected chi connectivity index (χ3v) is 6.21. The number of aryl methyl sites for hydroxylation is 2. The number of nitrogens with zero attached hydrogens (tertiary/aromatic N) is 2. The van der Waals surface area contributed by atoms with Crippen molar-refractivity contribution in [3.8, 4) is 0 Å². The van der Waals surface area contributed by atoms with Crippen LogP contribution < -0.4 is 4.80 Å². The lowest BCUT2D eigenvalue weighted by Crippen LogP contribution is -2.16. The summed E-state index contributed by atoms with van der Waals surface area (Å²) in [5.41, 5.74) is 3.61. The molecule has 0 aliphatic rings. The molecule has 0 radical (unpaired) electrons. The molecular formula is C21H22N2OS2. The van der Waals surface area contributed by atoms with E-state index in [9.17, 15) is 4.79 Å². The van der Waals surface area contributed by atoms with Crippen molar-refractivity contribution >= 4 is 39.2 Å². The molecule has 26 heavy (non-hydrogen) atoms. The number of allylic oxidation sites excluding steroid dienone is 1. The number of fused-ring (bicyclic) bond motifs is 1. The molecule has 0 atom stereocenters. The first-order valence-electron chi connectivity index (χ1n) is 8.55. The summed E-state index contributed by atoms with van der Waals surface area (Å²) < 4.78 is 3.22. The molecule has 0 saturated carbocycles. The normalized spacial score (nSPS) is 11.8. The number of aromatic nitrogens is 1. The van der Waals surface area contributed by atoms with Gasteiger partial charge in [0.05, 0.1) is 10.2 Å². The summed E-state index contributed by atoms with van der Waals surface area (Å²) in [4.78, 5) is 18.7. The van der Waals surface area contributed by atoms with Crippen molar-refractivity contribution in [1.82, 2.24) is 4.57 Å². The lowest BCUT2D eigenvalue weighted by atomic mass is 10.1. The Morgan fingerprint density at radius 3 is 2.69 bits per heavy atom. The fourth-order valence-electron chi connectivity index (χ4n) is 2.65. The van der Waals surface area contributed by atoms with Crippen LogP contribution in [0.4, 0.5) is 0 Å². The van der Waals surface area contributed by atoms with Gasteiger partial charge in [-0.05, 0) is 49.2 Å². The van der Waals surface area contributed by atoms with Crippen LogP contribution in [-0.4, -0.2) is 16.2 Å². The van der Waals surface area contributed by atoms with Crippen LogP contribution in [0.15, 0.2) is 65.0 Å². The first kappa shape index (κ1) is 18.7. The summed E-state index contributed by atoms with van der Waals surface area (Å²) in [6.07, 6.45) is 2.27. The molecule has 0 N–H and O–H groups in total. The number of thioether (sulfide) groups is 1. The number of hydrogen-bond acceptors (Lipinski definition) is 3. The predicted molar refractivity (Wildman–Crippen MR) is 112 cm³/mol. The lowest BCUT2D eigenvalue weighted by Gasteiger charge is -2.04. The van der Waals surface area contributed by atoms with Gasteiger partial charge < -0.3 is 4.57 Å². The fraction of sp³-hybridized carbons (Fsp3) is 0.238. The standard InChI is InChI=1S/C21H22N2OS2/c1-4-11-23-18-13-15(2)16(3)14-19(18)26-21(23)22-20(24)10-12-25-17-8-6-5-7-9-17/h4-9,13-14H,1,10-12H2,2-3H3. The van der Waals surface area contributed by atoms with Gasteiger partial charge in [-0.25, -0.2) is 0 Å². The van der Waals surface area contributed by atoms with E-state index < -0.39 is 0 Å². The zero-order chi connectivity index (χ0) is 18.5. The number of hydrogen-bond donors (Lipinski definition) is 0. The molecule has 0 fully saturated rings. The molecule has 1 aromatic heterocycles. The number of benzene rings is 2. The van der Waals surface area contributed by atoms with Crippen LogP contribution in [0.2, 0.25) is 0 Å². The van der Waals surface area contributed by atoms with Crippen LogP contribution in [0, 0.1) is 13.8 Å². The Morgan fingerprint density at radius 2 is 1.96 bits per heavy atom. The topological polar surface area (TPSA) is 34.4 Å². The van der Waals surface area contributed by atoms with Crippen LogP contribution in [0.3, 0.4) is 0 Å². The monoisotopic (exact) mass is 382 g/mol. The van der Waals surface area contributed by atoms with Gasteiger partial charge in [0, 0.05) is 23.6 Å². The second kappa shape index (κ2) is 8.52. The Kier molecular flexibility index (Phi) is 6.12. The van der Waals surface area contributed by atoms with Crippen molar-refractivity contribution in [3.63, 3.8) is 0 Å². The minimum Gasteiger partial charge on any atom is -0.312 e. The number of rotatable bonds is 6. The van der Waals surface area contributed by atoms with Crippen LogP contribution in [-0.2, 0) is 11.3 Å². The van der Waals surface area contributed by atoms with E-state index in [1.54, 1.807) is 23.1 Å². The van der Waals surface area contributed by atoms with Crippen LogP contribution >= 0.6 is 23.1 Å². The first-order valence-corrected chi connectivity index (χ1v) is 10.4. The van der Waals surface area contributed by atoms with Gasteiger partial charge >= 0.3 is 0 Å². The van der Waals surface area contributed by atoms with Crippen molar-refractivity contribution in [2.45, 2.75) is 31.7 Å². The Bertz CT molecular complexity index is 1000. The van der Waals surface area contributed by atoms with Crippen LogP contribution in [0.25, 0.3) is 10.2 Å². The Morgan fingerprint density at radius 1 is 1.23 bits per heavy atom. The highest BCUT2D eigenvalue weighted by atomic mass is 32.2. The Labute approximate surface area is 162 Å². The number of carbonyl (C=O) groups is 1. The van der Waals surface area contributed by atoms with Gasteiger partial charge in [-0.3, -0.25) is 4.79 Å². The Hall–Kier alpha value is -2.11. The van der Waals surface area contributed by atoms with E-state index in [4.69, 9.17) is 0 Å². The van der Waals surface area contributed by atoms with Gasteiger partial charge in [-0.15, -0.1) is 18.3 Å². The largest absolute Gasteiger partial charge is 0.312 e. The molecule has 0 saturated heterocycles. The maximum absolute atomic E-state index is 12.4. The zero-order valence-corrected chi connectivity index (χ0v) is 16.7. The second-order valence-electron chi connectivity index (χ2n) is 6.11. The molecule has 3 rings (SSSR count). The summed E-state index contributed by atoms with van der Waals surface area (Å²) in [5, 5.41) is 0. The molecule has 5 heteroatoms. The molecule has 3 aromatic rings. The number of thiazole rings is 1. The highest BCUT2D eigenvalue weighted by Crippen LogP contribution is 2.22. The molecule has 0 unspecified atom stereocenters. The van der Waals surface area contributed by atoms with E-state index >= 15 is 0 Å². The zero-order valence-electron chi connectivity index (χ0n) is 15.1. The van der Waals surface area contributed by atoms with Gasteiger partial charge in [-0.2, -0.15) is 4.99 Å². The molecule has 0 spiro atoms. The van der Waals surface area contributed by atoms with Crippen LogP contribution in [0.5, 0.6) is 0 Å². The third-order valence-electron chi connectivity index (χ3n) is 4.16. The molecule has 0 aliphatic heterocycles. The third kappa shape index (κ3) is 4.34. The maximum Gasteiger partial charge on any atom is 0.249 e. The van der Waals surface area contributed by atoms with Crippen molar-refractivity contribution in [2.75, 3.05) is 5.75 Å². The number of amides is 1.